The Morgan fingerprint density at radius 1 is 1.38 bits per heavy atom. The minimum absolute atomic E-state index is 0.0238. The molecule has 0 aliphatic carbocycles. The zero-order valence-corrected chi connectivity index (χ0v) is 8.42. The molecule has 78 valence electrons. The van der Waals surface area contributed by atoms with Crippen LogP contribution >= 0.6 is 0 Å². The van der Waals surface area contributed by atoms with Gasteiger partial charge in [0.15, 0.2) is 0 Å². The van der Waals surface area contributed by atoms with Gasteiger partial charge in [0.05, 0.1) is 18.8 Å². The summed E-state index contributed by atoms with van der Waals surface area (Å²) >= 11 is 0. The molecule has 0 saturated carbocycles. The number of hydrogen-bond acceptors (Lipinski definition) is 4. The van der Waals surface area contributed by atoms with Crippen LogP contribution in [0.25, 0.3) is 0 Å². The number of hydrazine groups is 1. The Morgan fingerprint density at radius 3 is 2.46 bits per heavy atom. The van der Waals surface area contributed by atoms with Gasteiger partial charge in [-0.05, 0) is 20.8 Å². The summed E-state index contributed by atoms with van der Waals surface area (Å²) in [5, 5.41) is 0. The van der Waals surface area contributed by atoms with Crippen molar-refractivity contribution in [3.05, 3.63) is 0 Å². The van der Waals surface area contributed by atoms with Crippen LogP contribution in [0.15, 0.2) is 0 Å². The molecule has 0 saturated heterocycles. The maximum atomic E-state index is 10.6. The van der Waals surface area contributed by atoms with Crippen LogP contribution in [0, 0.1) is 0 Å². The van der Waals surface area contributed by atoms with Gasteiger partial charge in [-0.15, -0.1) is 0 Å². The Kier molecular flexibility index (Phi) is 5.61. The van der Waals surface area contributed by atoms with E-state index in [-0.39, 0.29) is 18.1 Å². The molecule has 0 heterocycles. The molecule has 5 heteroatoms. The normalized spacial score (nSPS) is 11.4. The molecule has 1 amide bonds. The average Bonchev–Trinajstić information content (AvgIpc) is 2.01. The van der Waals surface area contributed by atoms with Gasteiger partial charge in [0, 0.05) is 0 Å². The van der Waals surface area contributed by atoms with Crippen LogP contribution in [0.3, 0.4) is 0 Å². The second-order valence-electron chi connectivity index (χ2n) is 3.58. The van der Waals surface area contributed by atoms with Gasteiger partial charge in [-0.2, -0.15) is 0 Å². The molecule has 0 rings (SSSR count). The van der Waals surface area contributed by atoms with E-state index in [1.54, 1.807) is 0 Å². The van der Waals surface area contributed by atoms with Crippen LogP contribution in [0.2, 0.25) is 0 Å². The molecule has 0 fully saturated rings. The first-order valence-corrected chi connectivity index (χ1v) is 4.17. The predicted octanol–water partition coefficient (Wildman–Crippen LogP) is -0.192. The van der Waals surface area contributed by atoms with Crippen molar-refractivity contribution in [2.24, 2.45) is 5.84 Å². The van der Waals surface area contributed by atoms with E-state index >= 15 is 0 Å². The predicted molar refractivity (Wildman–Crippen MR) is 48.9 cm³/mol. The highest BCUT2D eigenvalue weighted by Gasteiger charge is 2.09. The van der Waals surface area contributed by atoms with E-state index < -0.39 is 0 Å². The zero-order valence-electron chi connectivity index (χ0n) is 8.42. The lowest BCUT2D eigenvalue weighted by atomic mass is 10.2. The SMILES string of the molecule is CC(C)(C)OCCOCC(=O)NN. The van der Waals surface area contributed by atoms with Crippen molar-refractivity contribution in [3.63, 3.8) is 0 Å². The Morgan fingerprint density at radius 2 is 2.00 bits per heavy atom. The summed E-state index contributed by atoms with van der Waals surface area (Å²) in [5.74, 6) is 4.51. The van der Waals surface area contributed by atoms with Crippen molar-refractivity contribution in [2.75, 3.05) is 19.8 Å². The Bertz CT molecular complexity index is 154. The minimum Gasteiger partial charge on any atom is -0.373 e. The lowest BCUT2D eigenvalue weighted by Crippen LogP contribution is -2.34. The second-order valence-corrected chi connectivity index (χ2v) is 3.58. The molecule has 0 atom stereocenters. The molecule has 0 aromatic heterocycles. The third-order valence-corrected chi connectivity index (χ3v) is 1.16. The van der Waals surface area contributed by atoms with Crippen molar-refractivity contribution in [3.8, 4) is 0 Å². The van der Waals surface area contributed by atoms with Crippen LogP contribution in [0.5, 0.6) is 0 Å². The highest BCUT2D eigenvalue weighted by Crippen LogP contribution is 2.05. The zero-order chi connectivity index (χ0) is 10.3. The van der Waals surface area contributed by atoms with E-state index in [9.17, 15) is 4.79 Å². The molecule has 0 spiro atoms. The molecule has 13 heavy (non-hydrogen) atoms. The highest BCUT2D eigenvalue weighted by atomic mass is 16.5. The van der Waals surface area contributed by atoms with Crippen molar-refractivity contribution in [1.82, 2.24) is 5.43 Å². The fourth-order valence-corrected chi connectivity index (χ4v) is 0.613. The smallest absolute Gasteiger partial charge is 0.259 e. The monoisotopic (exact) mass is 190 g/mol. The summed E-state index contributed by atoms with van der Waals surface area (Å²) in [4.78, 5) is 10.6. The number of rotatable bonds is 5. The number of ether oxygens (including phenoxy) is 2. The number of carbonyl (C=O) groups excluding carboxylic acids is 1. The van der Waals surface area contributed by atoms with Crippen LogP contribution in [0.1, 0.15) is 20.8 Å². The molecular formula is C8H18N2O3. The van der Waals surface area contributed by atoms with Gasteiger partial charge in [0.1, 0.15) is 6.61 Å². The standard InChI is InChI=1S/C8H18N2O3/c1-8(2,3)13-5-4-12-6-7(11)10-9/h4-6,9H2,1-3H3,(H,10,11). The van der Waals surface area contributed by atoms with Crippen LogP contribution < -0.4 is 11.3 Å². The quantitative estimate of drug-likeness (QED) is 0.273. The van der Waals surface area contributed by atoms with E-state index in [0.29, 0.717) is 13.2 Å². The lowest BCUT2D eigenvalue weighted by molar-refractivity contribution is -0.126. The maximum absolute atomic E-state index is 10.6. The minimum atomic E-state index is -0.337. The van der Waals surface area contributed by atoms with Crippen molar-refractivity contribution in [2.45, 2.75) is 26.4 Å². The molecule has 0 bridgehead atoms. The Balaban J connectivity index is 3.22. The molecule has 0 radical (unpaired) electrons. The topological polar surface area (TPSA) is 73.6 Å². The van der Waals surface area contributed by atoms with Crippen LogP contribution in [-0.4, -0.2) is 31.3 Å². The largest absolute Gasteiger partial charge is 0.373 e. The van der Waals surface area contributed by atoms with Crippen LogP contribution in [0.4, 0.5) is 0 Å². The number of hydrogen-bond donors (Lipinski definition) is 2. The summed E-state index contributed by atoms with van der Waals surface area (Å²) < 4.78 is 10.3. The molecule has 0 aliphatic heterocycles. The van der Waals surface area contributed by atoms with Gasteiger partial charge in [-0.1, -0.05) is 0 Å². The molecular weight excluding hydrogens is 172 g/mol. The van der Waals surface area contributed by atoms with Gasteiger partial charge in [0.25, 0.3) is 5.91 Å². The summed E-state index contributed by atoms with van der Waals surface area (Å²) in [5.41, 5.74) is 1.80. The maximum Gasteiger partial charge on any atom is 0.259 e. The summed E-state index contributed by atoms with van der Waals surface area (Å²) in [6.45, 7) is 6.72. The number of nitrogens with one attached hydrogen (secondary N) is 1. The average molecular weight is 190 g/mol. The summed E-state index contributed by atoms with van der Waals surface area (Å²) in [6, 6.07) is 0. The fourth-order valence-electron chi connectivity index (χ4n) is 0.613. The van der Waals surface area contributed by atoms with E-state index in [1.807, 2.05) is 26.2 Å². The van der Waals surface area contributed by atoms with Crippen LogP contribution in [-0.2, 0) is 14.3 Å². The third kappa shape index (κ3) is 9.26. The fraction of sp³-hybridized carbons (Fsp3) is 0.875. The van der Waals surface area contributed by atoms with Crippen molar-refractivity contribution < 1.29 is 14.3 Å². The third-order valence-electron chi connectivity index (χ3n) is 1.16. The van der Waals surface area contributed by atoms with E-state index in [4.69, 9.17) is 15.3 Å². The molecule has 3 N–H and O–H groups in total. The number of nitrogens with two attached hydrogens (primary N) is 1. The van der Waals surface area contributed by atoms with E-state index in [1.165, 1.54) is 0 Å². The molecule has 0 aliphatic rings. The Hall–Kier alpha value is -0.650. The van der Waals surface area contributed by atoms with Gasteiger partial charge < -0.3 is 9.47 Å². The first kappa shape index (κ1) is 12.3. The Labute approximate surface area is 78.5 Å². The molecule has 0 unspecified atom stereocenters. The van der Waals surface area contributed by atoms with Gasteiger partial charge >= 0.3 is 0 Å². The van der Waals surface area contributed by atoms with Gasteiger partial charge in [-0.25, -0.2) is 5.84 Å². The first-order chi connectivity index (χ1) is 5.95. The van der Waals surface area contributed by atoms with Gasteiger partial charge in [0.2, 0.25) is 0 Å². The molecule has 0 aromatic carbocycles. The highest BCUT2D eigenvalue weighted by molar-refractivity contribution is 5.76. The second kappa shape index (κ2) is 5.90. The van der Waals surface area contributed by atoms with Gasteiger partial charge in [-0.3, -0.25) is 10.2 Å². The first-order valence-electron chi connectivity index (χ1n) is 4.17. The summed E-state index contributed by atoms with van der Waals surface area (Å²) in [6.07, 6.45) is 0. The van der Waals surface area contributed by atoms with Crippen molar-refractivity contribution >= 4 is 5.91 Å². The molecule has 0 aromatic rings. The summed E-state index contributed by atoms with van der Waals surface area (Å²) in [7, 11) is 0. The van der Waals surface area contributed by atoms with E-state index in [2.05, 4.69) is 0 Å². The lowest BCUT2D eigenvalue weighted by Gasteiger charge is -2.19. The van der Waals surface area contributed by atoms with Crippen molar-refractivity contribution in [1.29, 1.82) is 0 Å². The van der Waals surface area contributed by atoms with E-state index in [0.717, 1.165) is 0 Å². The molecule has 5 nitrogen and oxygen atoms in total. The number of carbonyl (C=O) groups is 1. The number of amides is 1.